The van der Waals surface area contributed by atoms with Crippen molar-refractivity contribution in [1.82, 2.24) is 4.57 Å². The van der Waals surface area contributed by atoms with E-state index in [1.54, 1.807) is 63.4 Å². The summed E-state index contributed by atoms with van der Waals surface area (Å²) >= 11 is 1.15. The second-order valence-electron chi connectivity index (χ2n) is 7.10. The molecule has 0 fully saturated rings. The molecule has 1 aliphatic rings. The first-order chi connectivity index (χ1) is 15.4. The highest BCUT2D eigenvalue weighted by Crippen LogP contribution is 2.31. The van der Waals surface area contributed by atoms with Crippen LogP contribution in [0.5, 0.6) is 5.75 Å². The number of nitrogens with zero attached hydrogens (tertiary/aromatic N) is 2. The second-order valence-corrected chi connectivity index (χ2v) is 8.11. The van der Waals surface area contributed by atoms with Crippen LogP contribution in [0.1, 0.15) is 31.0 Å². The Kier molecular flexibility index (Phi) is 6.05. The van der Waals surface area contributed by atoms with E-state index in [0.717, 1.165) is 11.3 Å². The van der Waals surface area contributed by atoms with Gasteiger partial charge in [0, 0.05) is 5.56 Å². The molecule has 0 N–H and O–H groups in total. The normalized spacial score (nSPS) is 15.9. The molecule has 0 spiro atoms. The number of benzene rings is 2. The number of halogens is 1. The maximum absolute atomic E-state index is 14.2. The molecule has 1 aromatic heterocycles. The van der Waals surface area contributed by atoms with Gasteiger partial charge in [0.1, 0.15) is 11.6 Å². The summed E-state index contributed by atoms with van der Waals surface area (Å²) in [6.45, 7) is 3.64. The Morgan fingerprint density at radius 3 is 2.59 bits per heavy atom. The maximum Gasteiger partial charge on any atom is 0.338 e. The Morgan fingerprint density at radius 1 is 1.22 bits per heavy atom. The number of hydrogen-bond donors (Lipinski definition) is 0. The van der Waals surface area contributed by atoms with Gasteiger partial charge in [0.25, 0.3) is 5.56 Å². The highest BCUT2D eigenvalue weighted by Gasteiger charge is 2.33. The van der Waals surface area contributed by atoms with Gasteiger partial charge in [0.05, 0.1) is 35.6 Å². The lowest BCUT2D eigenvalue weighted by molar-refractivity contribution is -0.139. The van der Waals surface area contributed by atoms with Crippen LogP contribution in [0.25, 0.3) is 6.08 Å². The number of esters is 1. The molecule has 2 aromatic carbocycles. The fourth-order valence-electron chi connectivity index (χ4n) is 3.63. The molecule has 0 saturated heterocycles. The number of ether oxygens (including phenoxy) is 2. The van der Waals surface area contributed by atoms with E-state index in [0.29, 0.717) is 37.5 Å². The number of carbonyl (C=O) groups excluding carboxylic acids is 1. The molecule has 4 rings (SSSR count). The summed E-state index contributed by atoms with van der Waals surface area (Å²) in [4.78, 5) is 31.2. The van der Waals surface area contributed by atoms with E-state index in [9.17, 15) is 14.0 Å². The molecule has 0 bridgehead atoms. The summed E-state index contributed by atoms with van der Waals surface area (Å²) in [7, 11) is 1.56. The van der Waals surface area contributed by atoms with Crippen LogP contribution in [0.2, 0.25) is 0 Å². The van der Waals surface area contributed by atoms with Crippen molar-refractivity contribution in [3.63, 3.8) is 0 Å². The lowest BCUT2D eigenvalue weighted by atomic mass is 9.96. The van der Waals surface area contributed by atoms with Gasteiger partial charge in [0.2, 0.25) is 0 Å². The van der Waals surface area contributed by atoms with Crippen LogP contribution < -0.4 is 19.6 Å². The van der Waals surface area contributed by atoms with Crippen molar-refractivity contribution in [3.05, 3.63) is 96.4 Å². The molecule has 0 aliphatic carbocycles. The summed E-state index contributed by atoms with van der Waals surface area (Å²) in [6, 6.07) is 12.6. The van der Waals surface area contributed by atoms with Gasteiger partial charge in [-0.1, -0.05) is 41.7 Å². The summed E-state index contributed by atoms with van der Waals surface area (Å²) in [5.74, 6) is -0.300. The minimum Gasteiger partial charge on any atom is -0.497 e. The van der Waals surface area contributed by atoms with Crippen molar-refractivity contribution in [1.29, 1.82) is 0 Å². The van der Waals surface area contributed by atoms with Crippen molar-refractivity contribution in [2.24, 2.45) is 4.99 Å². The van der Waals surface area contributed by atoms with Crippen LogP contribution in [0, 0.1) is 5.82 Å². The van der Waals surface area contributed by atoms with E-state index < -0.39 is 17.8 Å². The molecular weight excluding hydrogens is 431 g/mol. The van der Waals surface area contributed by atoms with E-state index in [1.165, 1.54) is 16.7 Å². The molecule has 3 aromatic rings. The molecular formula is C24H21FN2O4S. The van der Waals surface area contributed by atoms with Gasteiger partial charge < -0.3 is 9.47 Å². The highest BCUT2D eigenvalue weighted by atomic mass is 32.1. The predicted octanol–water partition coefficient (Wildman–Crippen LogP) is 2.95. The molecule has 6 nitrogen and oxygen atoms in total. The molecule has 164 valence electrons. The van der Waals surface area contributed by atoms with Crippen LogP contribution >= 0.6 is 11.3 Å². The van der Waals surface area contributed by atoms with Crippen LogP contribution in [0.4, 0.5) is 4.39 Å². The van der Waals surface area contributed by atoms with Crippen LogP contribution in [-0.4, -0.2) is 24.3 Å². The third-order valence-electron chi connectivity index (χ3n) is 5.14. The van der Waals surface area contributed by atoms with Crippen LogP contribution in [-0.2, 0) is 9.53 Å². The van der Waals surface area contributed by atoms with Crippen molar-refractivity contribution in [2.75, 3.05) is 13.7 Å². The largest absolute Gasteiger partial charge is 0.497 e. The van der Waals surface area contributed by atoms with Gasteiger partial charge in [-0.15, -0.1) is 0 Å². The van der Waals surface area contributed by atoms with E-state index >= 15 is 0 Å². The zero-order valence-corrected chi connectivity index (χ0v) is 18.6. The number of methoxy groups -OCH3 is 1. The number of fused-ring (bicyclic) bond motifs is 1. The molecule has 2 heterocycles. The third kappa shape index (κ3) is 3.89. The SMILES string of the molecule is CCOC(=O)C1=C(C)N=c2s/c(=C\c3ccccc3F)c(=O)n2[C@@H]1c1ccc(OC)cc1. The van der Waals surface area contributed by atoms with E-state index in [1.807, 2.05) is 0 Å². The molecule has 0 amide bonds. The molecule has 1 aliphatic heterocycles. The predicted molar refractivity (Wildman–Crippen MR) is 120 cm³/mol. The molecule has 32 heavy (non-hydrogen) atoms. The summed E-state index contributed by atoms with van der Waals surface area (Å²) in [5, 5.41) is 0. The van der Waals surface area contributed by atoms with Crippen molar-refractivity contribution >= 4 is 23.4 Å². The second kappa shape index (κ2) is 8.92. The number of carbonyl (C=O) groups is 1. The van der Waals surface area contributed by atoms with Crippen molar-refractivity contribution < 1.29 is 18.7 Å². The average Bonchev–Trinajstić information content (AvgIpc) is 3.09. The van der Waals surface area contributed by atoms with Crippen molar-refractivity contribution in [2.45, 2.75) is 19.9 Å². The first-order valence-electron chi connectivity index (χ1n) is 10.0. The number of allylic oxidation sites excluding steroid dienone is 1. The van der Waals surface area contributed by atoms with Gasteiger partial charge >= 0.3 is 5.97 Å². The number of hydrogen-bond acceptors (Lipinski definition) is 6. The quantitative estimate of drug-likeness (QED) is 0.558. The summed E-state index contributed by atoms with van der Waals surface area (Å²) in [6.07, 6.45) is 1.51. The van der Waals surface area contributed by atoms with Gasteiger partial charge in [0.15, 0.2) is 4.80 Å². The monoisotopic (exact) mass is 452 g/mol. The van der Waals surface area contributed by atoms with Gasteiger partial charge in [-0.3, -0.25) is 9.36 Å². The molecule has 8 heteroatoms. The number of thiazole rings is 1. The minimum absolute atomic E-state index is 0.197. The number of rotatable bonds is 5. The number of aromatic nitrogens is 1. The molecule has 0 saturated carbocycles. The highest BCUT2D eigenvalue weighted by molar-refractivity contribution is 7.07. The van der Waals surface area contributed by atoms with Gasteiger partial charge in [-0.2, -0.15) is 0 Å². The molecule has 1 atom stereocenters. The fourth-order valence-corrected chi connectivity index (χ4v) is 4.66. The Bertz CT molecular complexity index is 1390. The fraction of sp³-hybridized carbons (Fsp3) is 0.208. The van der Waals surface area contributed by atoms with Crippen LogP contribution in [0.3, 0.4) is 0 Å². The average molecular weight is 453 g/mol. The lowest BCUT2D eigenvalue weighted by Crippen LogP contribution is -2.39. The Balaban J connectivity index is 1.96. The first-order valence-corrected chi connectivity index (χ1v) is 10.8. The van der Waals surface area contributed by atoms with E-state index in [2.05, 4.69) is 4.99 Å². The molecule has 0 unspecified atom stereocenters. The Labute approximate surface area is 187 Å². The third-order valence-corrected chi connectivity index (χ3v) is 6.12. The van der Waals surface area contributed by atoms with E-state index in [4.69, 9.17) is 9.47 Å². The van der Waals surface area contributed by atoms with Gasteiger partial charge in [-0.05, 0) is 43.7 Å². The first kappa shape index (κ1) is 21.7. The van der Waals surface area contributed by atoms with Gasteiger partial charge in [-0.25, -0.2) is 14.2 Å². The topological polar surface area (TPSA) is 69.9 Å². The van der Waals surface area contributed by atoms with E-state index in [-0.39, 0.29) is 12.2 Å². The standard InChI is InChI=1S/C24H21FN2O4S/c1-4-31-23(29)20-14(2)26-24-27(21(20)15-9-11-17(30-3)12-10-15)22(28)19(32-24)13-16-7-5-6-8-18(16)25/h5-13,21H,4H2,1-3H3/b19-13-/t21-/m1/s1. The van der Waals surface area contributed by atoms with Crippen molar-refractivity contribution in [3.8, 4) is 5.75 Å². The van der Waals surface area contributed by atoms with Crippen LogP contribution in [0.15, 0.2) is 69.6 Å². The zero-order chi connectivity index (χ0) is 22.8. The minimum atomic E-state index is -0.723. The lowest BCUT2D eigenvalue weighted by Gasteiger charge is -2.24. The molecule has 0 radical (unpaired) electrons. The summed E-state index contributed by atoms with van der Waals surface area (Å²) < 4.78 is 26.5. The maximum atomic E-state index is 14.2. The Morgan fingerprint density at radius 2 is 1.94 bits per heavy atom. The Hall–Kier alpha value is -3.52. The smallest absolute Gasteiger partial charge is 0.338 e. The zero-order valence-electron chi connectivity index (χ0n) is 17.8. The summed E-state index contributed by atoms with van der Waals surface area (Å²) in [5.41, 5.74) is 1.43.